The first-order valence-corrected chi connectivity index (χ1v) is 6.77. The van der Waals surface area contributed by atoms with Crippen LogP contribution in [0.4, 0.5) is 0 Å². The van der Waals surface area contributed by atoms with Crippen LogP contribution in [0.3, 0.4) is 0 Å². The minimum absolute atomic E-state index is 0.726. The summed E-state index contributed by atoms with van der Waals surface area (Å²) in [5, 5.41) is 0.726. The highest BCUT2D eigenvalue weighted by atomic mass is 35.5. The van der Waals surface area contributed by atoms with Crippen LogP contribution in [0.15, 0.2) is 36.4 Å². The second-order valence-corrected chi connectivity index (χ2v) is 5.00. The van der Waals surface area contributed by atoms with Crippen LogP contribution in [-0.4, -0.2) is 6.61 Å². The summed E-state index contributed by atoms with van der Waals surface area (Å²) in [6, 6.07) is 7.55. The smallest absolute Gasteiger partial charge is 0.120 e. The number of hydrogen-bond donors (Lipinski definition) is 0. The summed E-state index contributed by atoms with van der Waals surface area (Å²) in [6.07, 6.45) is 11.1. The molecule has 1 aromatic rings. The van der Waals surface area contributed by atoms with Gasteiger partial charge in [-0.3, -0.25) is 0 Å². The van der Waals surface area contributed by atoms with E-state index < -0.39 is 0 Å². The average molecular weight is 251 g/mol. The molecule has 1 saturated carbocycles. The van der Waals surface area contributed by atoms with Crippen molar-refractivity contribution in [2.45, 2.75) is 32.1 Å². The molecule has 1 aliphatic rings. The Morgan fingerprint density at radius 3 is 2.88 bits per heavy atom. The SMILES string of the molecule is Clc1cccc(OCC/C=C/C2CCCC2)c1. The molecule has 1 fully saturated rings. The highest BCUT2D eigenvalue weighted by Gasteiger charge is 2.10. The lowest BCUT2D eigenvalue weighted by atomic mass is 10.1. The molecule has 0 aromatic heterocycles. The largest absolute Gasteiger partial charge is 0.493 e. The van der Waals surface area contributed by atoms with Gasteiger partial charge in [-0.05, 0) is 43.4 Å². The van der Waals surface area contributed by atoms with E-state index in [1.807, 2.05) is 24.3 Å². The van der Waals surface area contributed by atoms with E-state index in [4.69, 9.17) is 16.3 Å². The van der Waals surface area contributed by atoms with E-state index in [9.17, 15) is 0 Å². The van der Waals surface area contributed by atoms with Crippen molar-refractivity contribution >= 4 is 11.6 Å². The third kappa shape index (κ3) is 4.43. The Hall–Kier alpha value is -0.950. The van der Waals surface area contributed by atoms with Crippen molar-refractivity contribution in [1.82, 2.24) is 0 Å². The van der Waals surface area contributed by atoms with Gasteiger partial charge in [0.15, 0.2) is 0 Å². The fourth-order valence-corrected chi connectivity index (χ4v) is 2.42. The normalized spacial score (nSPS) is 16.8. The Morgan fingerprint density at radius 1 is 1.29 bits per heavy atom. The lowest BCUT2D eigenvalue weighted by Crippen LogP contribution is -1.95. The van der Waals surface area contributed by atoms with E-state index in [2.05, 4.69) is 12.2 Å². The second-order valence-electron chi connectivity index (χ2n) is 4.57. The van der Waals surface area contributed by atoms with E-state index in [1.54, 1.807) is 0 Å². The number of allylic oxidation sites excluding steroid dienone is 1. The monoisotopic (exact) mass is 250 g/mol. The summed E-state index contributed by atoms with van der Waals surface area (Å²) < 4.78 is 5.62. The Balaban J connectivity index is 1.65. The number of ether oxygens (including phenoxy) is 1. The van der Waals surface area contributed by atoms with Gasteiger partial charge >= 0.3 is 0 Å². The third-order valence-electron chi connectivity index (χ3n) is 3.16. The zero-order valence-electron chi connectivity index (χ0n) is 10.1. The van der Waals surface area contributed by atoms with Crippen LogP contribution in [-0.2, 0) is 0 Å². The van der Waals surface area contributed by atoms with Gasteiger partial charge in [0.25, 0.3) is 0 Å². The van der Waals surface area contributed by atoms with Crippen LogP contribution in [0.2, 0.25) is 5.02 Å². The van der Waals surface area contributed by atoms with Crippen LogP contribution in [0.5, 0.6) is 5.75 Å². The topological polar surface area (TPSA) is 9.23 Å². The molecule has 2 heteroatoms. The van der Waals surface area contributed by atoms with Crippen LogP contribution in [0.25, 0.3) is 0 Å². The molecule has 0 unspecified atom stereocenters. The van der Waals surface area contributed by atoms with Crippen molar-refractivity contribution in [2.24, 2.45) is 5.92 Å². The van der Waals surface area contributed by atoms with Crippen LogP contribution in [0.1, 0.15) is 32.1 Å². The molecule has 1 aromatic carbocycles. The molecule has 17 heavy (non-hydrogen) atoms. The van der Waals surface area contributed by atoms with Gasteiger partial charge in [0.05, 0.1) is 6.61 Å². The summed E-state index contributed by atoms with van der Waals surface area (Å²) in [6.45, 7) is 0.726. The van der Waals surface area contributed by atoms with Crippen molar-refractivity contribution in [3.05, 3.63) is 41.4 Å². The molecule has 0 N–H and O–H groups in total. The molecule has 2 rings (SSSR count). The summed E-state index contributed by atoms with van der Waals surface area (Å²) >= 11 is 5.88. The zero-order chi connectivity index (χ0) is 11.9. The fourth-order valence-electron chi connectivity index (χ4n) is 2.24. The Kier molecular flexibility index (Phi) is 4.93. The fraction of sp³-hybridized carbons (Fsp3) is 0.467. The zero-order valence-corrected chi connectivity index (χ0v) is 10.8. The van der Waals surface area contributed by atoms with Crippen molar-refractivity contribution in [3.8, 4) is 5.75 Å². The maximum Gasteiger partial charge on any atom is 0.120 e. The average Bonchev–Trinajstić information content (AvgIpc) is 2.82. The summed E-state index contributed by atoms with van der Waals surface area (Å²) in [7, 11) is 0. The molecule has 0 saturated heterocycles. The summed E-state index contributed by atoms with van der Waals surface area (Å²) in [5.74, 6) is 1.67. The molecular formula is C15H19ClO. The van der Waals surface area contributed by atoms with Crippen molar-refractivity contribution < 1.29 is 4.74 Å². The number of rotatable bonds is 5. The lowest BCUT2D eigenvalue weighted by Gasteiger charge is -2.05. The van der Waals surface area contributed by atoms with E-state index in [0.717, 1.165) is 29.7 Å². The number of benzene rings is 1. The predicted molar refractivity (Wildman–Crippen MR) is 72.7 cm³/mol. The molecule has 0 radical (unpaired) electrons. The molecule has 0 amide bonds. The second kappa shape index (κ2) is 6.70. The molecule has 1 nitrogen and oxygen atoms in total. The van der Waals surface area contributed by atoms with Crippen LogP contribution < -0.4 is 4.74 Å². The van der Waals surface area contributed by atoms with Gasteiger partial charge in [0.1, 0.15) is 5.75 Å². The van der Waals surface area contributed by atoms with Crippen LogP contribution in [0, 0.1) is 5.92 Å². The first-order valence-electron chi connectivity index (χ1n) is 6.39. The van der Waals surface area contributed by atoms with E-state index in [0.29, 0.717) is 0 Å². The van der Waals surface area contributed by atoms with Gasteiger partial charge in [-0.1, -0.05) is 42.7 Å². The standard InChI is InChI=1S/C15H19ClO/c16-14-9-5-10-15(12-14)17-11-4-3-8-13-6-1-2-7-13/h3,5,8-10,12-13H,1-2,4,6-7,11H2/b8-3+. The van der Waals surface area contributed by atoms with Crippen molar-refractivity contribution in [2.75, 3.05) is 6.61 Å². The van der Waals surface area contributed by atoms with Crippen molar-refractivity contribution in [3.63, 3.8) is 0 Å². The van der Waals surface area contributed by atoms with Gasteiger partial charge in [-0.2, -0.15) is 0 Å². The van der Waals surface area contributed by atoms with Gasteiger partial charge in [0, 0.05) is 5.02 Å². The Labute approximate surface area is 108 Å². The maximum absolute atomic E-state index is 5.88. The first-order chi connectivity index (χ1) is 8.34. The quantitative estimate of drug-likeness (QED) is 0.536. The van der Waals surface area contributed by atoms with Gasteiger partial charge in [0.2, 0.25) is 0 Å². The number of halogens is 1. The van der Waals surface area contributed by atoms with Crippen LogP contribution >= 0.6 is 11.6 Å². The Morgan fingerprint density at radius 2 is 2.12 bits per heavy atom. The minimum Gasteiger partial charge on any atom is -0.493 e. The third-order valence-corrected chi connectivity index (χ3v) is 3.39. The summed E-state index contributed by atoms with van der Waals surface area (Å²) in [5.41, 5.74) is 0. The molecule has 0 heterocycles. The number of hydrogen-bond acceptors (Lipinski definition) is 1. The lowest BCUT2D eigenvalue weighted by molar-refractivity contribution is 0.324. The molecular weight excluding hydrogens is 232 g/mol. The molecule has 0 aliphatic heterocycles. The highest BCUT2D eigenvalue weighted by Crippen LogP contribution is 2.25. The van der Waals surface area contributed by atoms with E-state index in [-0.39, 0.29) is 0 Å². The van der Waals surface area contributed by atoms with Gasteiger partial charge in [-0.25, -0.2) is 0 Å². The molecule has 1 aliphatic carbocycles. The maximum atomic E-state index is 5.88. The molecule has 0 atom stereocenters. The van der Waals surface area contributed by atoms with E-state index in [1.165, 1.54) is 25.7 Å². The van der Waals surface area contributed by atoms with Gasteiger partial charge in [-0.15, -0.1) is 0 Å². The molecule has 0 spiro atoms. The Bertz CT molecular complexity index is 367. The molecule has 92 valence electrons. The van der Waals surface area contributed by atoms with Crippen molar-refractivity contribution in [1.29, 1.82) is 0 Å². The summed E-state index contributed by atoms with van der Waals surface area (Å²) in [4.78, 5) is 0. The van der Waals surface area contributed by atoms with Gasteiger partial charge < -0.3 is 4.74 Å². The molecule has 0 bridgehead atoms. The predicted octanol–water partition coefficient (Wildman–Crippen LogP) is 4.86. The highest BCUT2D eigenvalue weighted by molar-refractivity contribution is 6.30. The first kappa shape index (κ1) is 12.5. The van der Waals surface area contributed by atoms with E-state index >= 15 is 0 Å². The minimum atomic E-state index is 0.726.